The van der Waals surface area contributed by atoms with E-state index in [0.29, 0.717) is 17.6 Å². The molecule has 0 aliphatic rings. The molecule has 25 heavy (non-hydrogen) atoms. The largest absolute Gasteiger partial charge is 0.493 e. The zero-order valence-corrected chi connectivity index (χ0v) is 14.5. The number of carbonyl (C=O) groups excluding carboxylic acids is 2. The zero-order chi connectivity index (χ0) is 18.4. The van der Waals surface area contributed by atoms with Crippen molar-refractivity contribution in [3.8, 4) is 11.5 Å². The Balaban J connectivity index is 2.11. The van der Waals surface area contributed by atoms with Crippen LogP contribution in [0.3, 0.4) is 0 Å². The fourth-order valence-corrected chi connectivity index (χ4v) is 2.95. The third-order valence-electron chi connectivity index (χ3n) is 3.24. The molecule has 1 N–H and O–H groups in total. The summed E-state index contributed by atoms with van der Waals surface area (Å²) in [6.45, 7) is -0.378. The summed E-state index contributed by atoms with van der Waals surface area (Å²) in [5, 5.41) is 2.50. The molecule has 0 saturated carbocycles. The van der Waals surface area contributed by atoms with E-state index in [4.69, 9.17) is 9.47 Å². The molecule has 8 heteroatoms. The van der Waals surface area contributed by atoms with E-state index in [2.05, 4.69) is 5.32 Å². The number of hydrogen-bond acceptors (Lipinski definition) is 6. The lowest BCUT2D eigenvalue weighted by molar-refractivity contribution is -0.118. The number of anilines is 1. The molecule has 0 fully saturated rings. The first kappa shape index (κ1) is 18.5. The van der Waals surface area contributed by atoms with Crippen LogP contribution in [-0.2, 0) is 14.6 Å². The lowest BCUT2D eigenvalue weighted by Crippen LogP contribution is -2.21. The lowest BCUT2D eigenvalue weighted by Gasteiger charge is -2.12. The van der Waals surface area contributed by atoms with Gasteiger partial charge in [0.05, 0.1) is 17.7 Å². The van der Waals surface area contributed by atoms with E-state index in [1.165, 1.54) is 25.3 Å². The molecule has 0 radical (unpaired) electrons. The van der Waals surface area contributed by atoms with Gasteiger partial charge in [-0.05, 0) is 30.3 Å². The number of rotatable bonds is 7. The summed E-state index contributed by atoms with van der Waals surface area (Å²) < 4.78 is 34.0. The predicted octanol–water partition coefficient (Wildman–Crippen LogP) is 1.93. The van der Waals surface area contributed by atoms with Gasteiger partial charge in [0, 0.05) is 11.8 Å². The molecule has 0 unspecified atom stereocenters. The Morgan fingerprint density at radius 2 is 1.88 bits per heavy atom. The van der Waals surface area contributed by atoms with E-state index in [1.54, 1.807) is 24.3 Å². The SMILES string of the molecule is COc1ccc(C=O)cc1OCC(=O)Nc1ccccc1S(C)(=O)=O. The Hall–Kier alpha value is -2.87. The summed E-state index contributed by atoms with van der Waals surface area (Å²) in [6, 6.07) is 10.6. The Morgan fingerprint density at radius 1 is 1.16 bits per heavy atom. The molecule has 0 spiro atoms. The highest BCUT2D eigenvalue weighted by Gasteiger charge is 2.15. The second kappa shape index (κ2) is 7.80. The molecule has 2 aromatic carbocycles. The second-order valence-corrected chi connectivity index (χ2v) is 7.12. The van der Waals surface area contributed by atoms with E-state index < -0.39 is 15.7 Å². The molecule has 0 saturated heterocycles. The van der Waals surface area contributed by atoms with Crippen molar-refractivity contribution in [2.45, 2.75) is 4.90 Å². The van der Waals surface area contributed by atoms with Crippen LogP contribution in [0.15, 0.2) is 47.4 Å². The minimum absolute atomic E-state index is 0.0175. The third-order valence-corrected chi connectivity index (χ3v) is 4.40. The van der Waals surface area contributed by atoms with Crippen LogP contribution in [0.5, 0.6) is 11.5 Å². The van der Waals surface area contributed by atoms with Crippen LogP contribution in [0.4, 0.5) is 5.69 Å². The standard InChI is InChI=1S/C17H17NO6S/c1-23-14-8-7-12(10-19)9-15(14)24-11-17(20)18-13-5-3-4-6-16(13)25(2,21)22/h3-10H,11H2,1-2H3,(H,18,20). The highest BCUT2D eigenvalue weighted by Crippen LogP contribution is 2.27. The van der Waals surface area contributed by atoms with Gasteiger partial charge in [0.1, 0.15) is 6.29 Å². The average Bonchev–Trinajstić information content (AvgIpc) is 2.59. The molecule has 0 aromatic heterocycles. The van der Waals surface area contributed by atoms with E-state index in [9.17, 15) is 18.0 Å². The first-order chi connectivity index (χ1) is 11.8. The van der Waals surface area contributed by atoms with Crippen LogP contribution in [0, 0.1) is 0 Å². The maximum absolute atomic E-state index is 12.1. The molecule has 0 aliphatic carbocycles. The molecule has 2 rings (SSSR count). The van der Waals surface area contributed by atoms with Gasteiger partial charge in [0.2, 0.25) is 0 Å². The summed E-state index contributed by atoms with van der Waals surface area (Å²) in [7, 11) is -2.04. The van der Waals surface area contributed by atoms with Crippen molar-refractivity contribution >= 4 is 27.7 Å². The number of sulfone groups is 1. The summed E-state index contributed by atoms with van der Waals surface area (Å²) in [4.78, 5) is 22.9. The number of hydrogen-bond donors (Lipinski definition) is 1. The molecule has 1 amide bonds. The number of aldehydes is 1. The quantitative estimate of drug-likeness (QED) is 0.755. The Kier molecular flexibility index (Phi) is 5.76. The highest BCUT2D eigenvalue weighted by atomic mass is 32.2. The normalized spacial score (nSPS) is 10.8. The van der Waals surface area contributed by atoms with Gasteiger partial charge in [-0.2, -0.15) is 0 Å². The Morgan fingerprint density at radius 3 is 2.52 bits per heavy atom. The summed E-state index contributed by atoms with van der Waals surface area (Å²) in [5.41, 5.74) is 0.547. The van der Waals surface area contributed by atoms with Crippen molar-refractivity contribution < 1.29 is 27.5 Å². The highest BCUT2D eigenvalue weighted by molar-refractivity contribution is 7.90. The van der Waals surface area contributed by atoms with Crippen LogP contribution in [0.1, 0.15) is 10.4 Å². The van der Waals surface area contributed by atoms with Gasteiger partial charge < -0.3 is 14.8 Å². The predicted molar refractivity (Wildman–Crippen MR) is 92.1 cm³/mol. The number of benzene rings is 2. The number of para-hydroxylation sites is 1. The van der Waals surface area contributed by atoms with Crippen LogP contribution in [0.2, 0.25) is 0 Å². The minimum Gasteiger partial charge on any atom is -0.493 e. The molecule has 0 heterocycles. The van der Waals surface area contributed by atoms with Crippen molar-refractivity contribution in [1.82, 2.24) is 0 Å². The third kappa shape index (κ3) is 4.80. The van der Waals surface area contributed by atoms with Gasteiger partial charge in [0.15, 0.2) is 27.9 Å². The summed E-state index contributed by atoms with van der Waals surface area (Å²) in [6.07, 6.45) is 1.71. The molecular formula is C17H17NO6S. The van der Waals surface area contributed by atoms with Crippen molar-refractivity contribution in [3.63, 3.8) is 0 Å². The molecule has 132 valence electrons. The first-order valence-corrected chi connectivity index (χ1v) is 9.09. The number of nitrogens with one attached hydrogen (secondary N) is 1. The van der Waals surface area contributed by atoms with Gasteiger partial charge in [-0.3, -0.25) is 9.59 Å². The topological polar surface area (TPSA) is 98.8 Å². The van der Waals surface area contributed by atoms with Crippen molar-refractivity contribution in [3.05, 3.63) is 48.0 Å². The molecule has 2 aromatic rings. The molecule has 7 nitrogen and oxygen atoms in total. The van der Waals surface area contributed by atoms with Crippen molar-refractivity contribution in [1.29, 1.82) is 0 Å². The van der Waals surface area contributed by atoms with Crippen molar-refractivity contribution in [2.75, 3.05) is 25.3 Å². The number of carbonyl (C=O) groups is 2. The maximum Gasteiger partial charge on any atom is 0.262 e. The van der Waals surface area contributed by atoms with Crippen LogP contribution in [-0.4, -0.2) is 40.6 Å². The summed E-state index contributed by atoms with van der Waals surface area (Å²) >= 11 is 0. The smallest absolute Gasteiger partial charge is 0.262 e. The van der Waals surface area contributed by atoms with Crippen LogP contribution < -0.4 is 14.8 Å². The molecule has 0 atom stereocenters. The lowest BCUT2D eigenvalue weighted by atomic mass is 10.2. The van der Waals surface area contributed by atoms with E-state index in [-0.39, 0.29) is 22.9 Å². The van der Waals surface area contributed by atoms with Gasteiger partial charge in [-0.1, -0.05) is 12.1 Å². The van der Waals surface area contributed by atoms with Crippen LogP contribution in [0.25, 0.3) is 0 Å². The van der Waals surface area contributed by atoms with Gasteiger partial charge in [-0.25, -0.2) is 8.42 Å². The fraction of sp³-hybridized carbons (Fsp3) is 0.176. The van der Waals surface area contributed by atoms with E-state index in [0.717, 1.165) is 6.26 Å². The van der Waals surface area contributed by atoms with Gasteiger partial charge in [-0.15, -0.1) is 0 Å². The fourth-order valence-electron chi connectivity index (χ4n) is 2.10. The second-order valence-electron chi connectivity index (χ2n) is 5.13. The van der Waals surface area contributed by atoms with Crippen molar-refractivity contribution in [2.24, 2.45) is 0 Å². The average molecular weight is 363 g/mol. The monoisotopic (exact) mass is 363 g/mol. The van der Waals surface area contributed by atoms with E-state index >= 15 is 0 Å². The zero-order valence-electron chi connectivity index (χ0n) is 13.7. The maximum atomic E-state index is 12.1. The Bertz CT molecular complexity index is 892. The van der Waals surface area contributed by atoms with Gasteiger partial charge in [0.25, 0.3) is 5.91 Å². The molecule has 0 aliphatic heterocycles. The van der Waals surface area contributed by atoms with E-state index in [1.807, 2.05) is 0 Å². The molecular weight excluding hydrogens is 346 g/mol. The number of methoxy groups -OCH3 is 1. The summed E-state index contributed by atoms with van der Waals surface area (Å²) in [5.74, 6) is 0.0586. The number of amides is 1. The molecule has 0 bridgehead atoms. The number of ether oxygens (including phenoxy) is 2. The minimum atomic E-state index is -3.48. The van der Waals surface area contributed by atoms with Crippen LogP contribution >= 0.6 is 0 Å². The van der Waals surface area contributed by atoms with Gasteiger partial charge >= 0.3 is 0 Å². The Labute approximate surface area is 145 Å². The first-order valence-electron chi connectivity index (χ1n) is 7.20.